The molecule has 0 N–H and O–H groups in total. The van der Waals surface area contributed by atoms with Gasteiger partial charge in [0.1, 0.15) is 5.37 Å². The van der Waals surface area contributed by atoms with Crippen LogP contribution in [0, 0.1) is 12.8 Å². The number of thioether (sulfide) groups is 1. The van der Waals surface area contributed by atoms with E-state index in [1.54, 1.807) is 11.8 Å². The Hall–Kier alpha value is -1.49. The summed E-state index contributed by atoms with van der Waals surface area (Å²) < 4.78 is 0. The number of amides is 2. The topological polar surface area (TPSA) is 40.6 Å². The van der Waals surface area contributed by atoms with Gasteiger partial charge in [-0.2, -0.15) is 0 Å². The van der Waals surface area contributed by atoms with Crippen molar-refractivity contribution >= 4 is 23.6 Å². The minimum absolute atomic E-state index is 0.0243. The summed E-state index contributed by atoms with van der Waals surface area (Å²) in [6, 6.07) is 8.42. The summed E-state index contributed by atoms with van der Waals surface area (Å²) in [5.41, 5.74) is 2.39. The third-order valence-electron chi connectivity index (χ3n) is 5.37. The van der Waals surface area contributed by atoms with Gasteiger partial charge in [-0.25, -0.2) is 0 Å². The van der Waals surface area contributed by atoms with Gasteiger partial charge in [0.15, 0.2) is 0 Å². The molecule has 2 amide bonds. The van der Waals surface area contributed by atoms with E-state index in [-0.39, 0.29) is 28.4 Å². The fourth-order valence-electron chi connectivity index (χ4n) is 3.46. The van der Waals surface area contributed by atoms with Gasteiger partial charge in [0, 0.05) is 25.6 Å². The molecule has 4 nitrogen and oxygen atoms in total. The van der Waals surface area contributed by atoms with Crippen LogP contribution in [-0.2, 0) is 9.59 Å². The highest BCUT2D eigenvalue weighted by molar-refractivity contribution is 8.01. The Bertz CT molecular complexity index is 627. The second-order valence-electron chi connectivity index (χ2n) is 7.12. The minimum Gasteiger partial charge on any atom is -0.341 e. The number of aryl methyl sites for hydroxylation is 1. The molecule has 1 saturated heterocycles. The molecule has 2 fully saturated rings. The summed E-state index contributed by atoms with van der Waals surface area (Å²) in [4.78, 5) is 29.0. The molecule has 0 spiro atoms. The van der Waals surface area contributed by atoms with Crippen LogP contribution in [0.15, 0.2) is 24.3 Å². The second kappa shape index (κ2) is 7.81. The smallest absolute Gasteiger partial charge is 0.236 e. The molecule has 1 aliphatic carbocycles. The predicted molar refractivity (Wildman–Crippen MR) is 102 cm³/mol. The zero-order valence-electron chi connectivity index (χ0n) is 15.4. The fraction of sp³-hybridized carbons (Fsp3) is 0.600. The van der Waals surface area contributed by atoms with Gasteiger partial charge in [0.2, 0.25) is 11.8 Å². The Morgan fingerprint density at radius 2 is 1.96 bits per heavy atom. The summed E-state index contributed by atoms with van der Waals surface area (Å²) in [5.74, 6) is 0.672. The van der Waals surface area contributed by atoms with Crippen molar-refractivity contribution in [2.24, 2.45) is 5.92 Å². The Morgan fingerprint density at radius 3 is 2.52 bits per heavy atom. The first-order valence-electron chi connectivity index (χ1n) is 9.32. The number of benzene rings is 1. The van der Waals surface area contributed by atoms with Crippen molar-refractivity contribution in [1.29, 1.82) is 0 Å². The van der Waals surface area contributed by atoms with Crippen LogP contribution in [0.4, 0.5) is 0 Å². The molecule has 1 aromatic rings. The van der Waals surface area contributed by atoms with E-state index in [0.29, 0.717) is 13.1 Å². The molecule has 3 rings (SSSR count). The molecule has 1 saturated carbocycles. The molecule has 5 heteroatoms. The summed E-state index contributed by atoms with van der Waals surface area (Å²) in [7, 11) is 0. The summed E-state index contributed by atoms with van der Waals surface area (Å²) in [6.45, 7) is 8.04. The molecule has 0 radical (unpaired) electrons. The van der Waals surface area contributed by atoms with Crippen LogP contribution in [0.5, 0.6) is 0 Å². The van der Waals surface area contributed by atoms with Gasteiger partial charge in [-0.3, -0.25) is 9.59 Å². The van der Waals surface area contributed by atoms with Gasteiger partial charge in [0.25, 0.3) is 0 Å². The first kappa shape index (κ1) is 18.3. The average Bonchev–Trinajstić information content (AvgIpc) is 2.83. The fourth-order valence-corrected chi connectivity index (χ4v) is 4.77. The largest absolute Gasteiger partial charge is 0.341 e. The van der Waals surface area contributed by atoms with Gasteiger partial charge < -0.3 is 9.80 Å². The van der Waals surface area contributed by atoms with Gasteiger partial charge >= 0.3 is 0 Å². The highest BCUT2D eigenvalue weighted by Gasteiger charge is 2.38. The van der Waals surface area contributed by atoms with E-state index in [2.05, 4.69) is 31.2 Å². The van der Waals surface area contributed by atoms with Crippen molar-refractivity contribution < 1.29 is 9.59 Å². The predicted octanol–water partition coefficient (Wildman–Crippen LogP) is 3.61. The van der Waals surface area contributed by atoms with E-state index < -0.39 is 0 Å². The Balaban J connectivity index is 1.68. The first-order valence-corrected chi connectivity index (χ1v) is 10.3. The zero-order valence-corrected chi connectivity index (χ0v) is 16.2. The number of hydrogen-bond acceptors (Lipinski definition) is 3. The Kier molecular flexibility index (Phi) is 5.72. The number of likely N-dealkylation sites (N-methyl/N-ethyl adjacent to an activating group) is 1. The van der Waals surface area contributed by atoms with E-state index in [9.17, 15) is 9.59 Å². The van der Waals surface area contributed by atoms with Crippen molar-refractivity contribution in [3.05, 3.63) is 35.4 Å². The number of carbonyl (C=O) groups excluding carboxylic acids is 2. The van der Waals surface area contributed by atoms with Gasteiger partial charge in [-0.1, -0.05) is 36.2 Å². The maximum absolute atomic E-state index is 12.6. The Labute approximate surface area is 154 Å². The highest BCUT2D eigenvalue weighted by atomic mass is 32.2. The standard InChI is InChI=1S/C20H28N2O2S/c1-4-21(19(24)16-6-5-7-16)12-13-22-18(23)15(3)25-20(22)17-10-8-14(2)9-11-17/h8-11,15-16,20H,4-7,12-13H2,1-3H3/t15-,20+/m1/s1. The molecular weight excluding hydrogens is 332 g/mol. The molecule has 1 aliphatic heterocycles. The lowest BCUT2D eigenvalue weighted by molar-refractivity contribution is -0.139. The van der Waals surface area contributed by atoms with Gasteiger partial charge in [-0.05, 0) is 39.2 Å². The molecular formula is C20H28N2O2S. The third-order valence-corrected chi connectivity index (χ3v) is 6.76. The molecule has 1 heterocycles. The minimum atomic E-state index is -0.0243. The zero-order chi connectivity index (χ0) is 18.0. The second-order valence-corrected chi connectivity index (χ2v) is 8.54. The SMILES string of the molecule is CCN(CCN1C(=O)[C@@H](C)S[C@H]1c1ccc(C)cc1)C(=O)C1CCC1. The molecule has 1 aromatic carbocycles. The average molecular weight is 361 g/mol. The lowest BCUT2D eigenvalue weighted by atomic mass is 9.84. The molecule has 25 heavy (non-hydrogen) atoms. The normalized spacial score (nSPS) is 23.6. The molecule has 0 aromatic heterocycles. The van der Waals surface area contributed by atoms with Crippen LogP contribution >= 0.6 is 11.8 Å². The molecule has 0 bridgehead atoms. The van der Waals surface area contributed by atoms with Crippen molar-refractivity contribution in [2.45, 2.75) is 50.7 Å². The van der Waals surface area contributed by atoms with Crippen LogP contribution in [0.1, 0.15) is 49.6 Å². The number of rotatable bonds is 6. The quantitative estimate of drug-likeness (QED) is 0.778. The van der Waals surface area contributed by atoms with Crippen LogP contribution < -0.4 is 0 Å². The summed E-state index contributed by atoms with van der Waals surface area (Å²) in [6.07, 6.45) is 3.22. The lowest BCUT2D eigenvalue weighted by Crippen LogP contribution is -2.44. The van der Waals surface area contributed by atoms with Crippen molar-refractivity contribution in [1.82, 2.24) is 9.80 Å². The van der Waals surface area contributed by atoms with Crippen molar-refractivity contribution in [3.63, 3.8) is 0 Å². The van der Waals surface area contributed by atoms with Crippen LogP contribution in [0.3, 0.4) is 0 Å². The molecule has 0 unspecified atom stereocenters. The monoisotopic (exact) mass is 360 g/mol. The van der Waals surface area contributed by atoms with E-state index in [4.69, 9.17) is 0 Å². The van der Waals surface area contributed by atoms with E-state index in [0.717, 1.165) is 19.4 Å². The number of carbonyl (C=O) groups is 2. The lowest BCUT2D eigenvalue weighted by Gasteiger charge is -2.33. The Morgan fingerprint density at radius 1 is 1.28 bits per heavy atom. The van der Waals surface area contributed by atoms with Gasteiger partial charge in [0.05, 0.1) is 5.25 Å². The molecule has 136 valence electrons. The highest BCUT2D eigenvalue weighted by Crippen LogP contribution is 2.42. The maximum atomic E-state index is 12.6. The maximum Gasteiger partial charge on any atom is 0.236 e. The van der Waals surface area contributed by atoms with E-state index in [1.165, 1.54) is 17.5 Å². The van der Waals surface area contributed by atoms with Crippen molar-refractivity contribution in [3.8, 4) is 0 Å². The van der Waals surface area contributed by atoms with Crippen LogP contribution in [-0.4, -0.2) is 46.5 Å². The summed E-state index contributed by atoms with van der Waals surface area (Å²) >= 11 is 1.70. The van der Waals surface area contributed by atoms with E-state index in [1.807, 2.05) is 23.6 Å². The first-order chi connectivity index (χ1) is 12.0. The molecule has 2 atom stereocenters. The molecule has 2 aliphatic rings. The van der Waals surface area contributed by atoms with Crippen LogP contribution in [0.2, 0.25) is 0 Å². The number of hydrogen-bond donors (Lipinski definition) is 0. The van der Waals surface area contributed by atoms with E-state index >= 15 is 0 Å². The van der Waals surface area contributed by atoms with Crippen LogP contribution in [0.25, 0.3) is 0 Å². The summed E-state index contributed by atoms with van der Waals surface area (Å²) in [5, 5.41) is 0.0318. The van der Waals surface area contributed by atoms with Gasteiger partial charge in [-0.15, -0.1) is 11.8 Å². The van der Waals surface area contributed by atoms with Crippen molar-refractivity contribution in [2.75, 3.05) is 19.6 Å². The number of nitrogens with zero attached hydrogens (tertiary/aromatic N) is 2. The third kappa shape index (κ3) is 3.86.